The van der Waals surface area contributed by atoms with Crippen LogP contribution in [-0.4, -0.2) is 35.0 Å². The fourth-order valence-corrected chi connectivity index (χ4v) is 3.37. The molecule has 0 unspecified atom stereocenters. The highest BCUT2D eigenvalue weighted by Gasteiger charge is 2.27. The number of Topliss-reactive ketones (excluding diaryl/α,β-unsaturated/α-hetero) is 1. The van der Waals surface area contributed by atoms with Crippen LogP contribution in [0.15, 0.2) is 30.3 Å². The Bertz CT molecular complexity index is 916. The molecule has 28 heavy (non-hydrogen) atoms. The van der Waals surface area contributed by atoms with Crippen molar-refractivity contribution < 1.29 is 23.9 Å². The van der Waals surface area contributed by atoms with Gasteiger partial charge in [0.15, 0.2) is 5.78 Å². The van der Waals surface area contributed by atoms with E-state index < -0.39 is 11.6 Å². The van der Waals surface area contributed by atoms with Crippen molar-refractivity contribution in [2.24, 2.45) is 0 Å². The first kappa shape index (κ1) is 19.9. The van der Waals surface area contributed by atoms with Crippen molar-refractivity contribution in [3.63, 3.8) is 0 Å². The number of methoxy groups -OCH3 is 1. The van der Waals surface area contributed by atoms with Gasteiger partial charge in [0.05, 0.1) is 12.7 Å². The van der Waals surface area contributed by atoms with Crippen LogP contribution < -0.4 is 0 Å². The number of carbonyl (C=O) groups is 3. The Morgan fingerprint density at radius 3 is 2.36 bits per heavy atom. The van der Waals surface area contributed by atoms with Crippen molar-refractivity contribution in [3.8, 4) is 0 Å². The highest BCUT2D eigenvalue weighted by atomic mass is 16.6. The van der Waals surface area contributed by atoms with Crippen LogP contribution in [0.25, 0.3) is 0 Å². The van der Waals surface area contributed by atoms with Crippen LogP contribution >= 0.6 is 0 Å². The third kappa shape index (κ3) is 4.16. The van der Waals surface area contributed by atoms with Crippen molar-refractivity contribution in [2.45, 2.75) is 52.2 Å². The van der Waals surface area contributed by atoms with Crippen LogP contribution in [0, 0.1) is 0 Å². The van der Waals surface area contributed by atoms with Gasteiger partial charge in [-0.05, 0) is 57.4 Å². The molecule has 0 aliphatic heterocycles. The first-order valence-corrected chi connectivity index (χ1v) is 9.36. The van der Waals surface area contributed by atoms with E-state index in [9.17, 15) is 14.4 Å². The summed E-state index contributed by atoms with van der Waals surface area (Å²) in [4.78, 5) is 36.6. The van der Waals surface area contributed by atoms with Gasteiger partial charge < -0.3 is 14.0 Å². The molecule has 1 heterocycles. The number of fused-ring (bicyclic) bond motifs is 1. The number of carbonyl (C=O) groups excluding carboxylic acids is 3. The average molecular weight is 383 g/mol. The Kier molecular flexibility index (Phi) is 5.40. The highest BCUT2D eigenvalue weighted by Crippen LogP contribution is 2.27. The minimum atomic E-state index is -0.554. The maximum atomic E-state index is 12.2. The molecule has 3 rings (SSSR count). The van der Waals surface area contributed by atoms with Crippen molar-refractivity contribution in [1.82, 2.24) is 4.57 Å². The number of hydrogen-bond donors (Lipinski definition) is 0. The second-order valence-electron chi connectivity index (χ2n) is 7.94. The summed E-state index contributed by atoms with van der Waals surface area (Å²) in [5.74, 6) is -0.781. The molecule has 2 aromatic rings. The van der Waals surface area contributed by atoms with Crippen LogP contribution in [0.2, 0.25) is 0 Å². The van der Waals surface area contributed by atoms with Gasteiger partial charge in [0.25, 0.3) is 0 Å². The predicted octanol–water partition coefficient (Wildman–Crippen LogP) is 3.80. The molecule has 1 aromatic carbocycles. The van der Waals surface area contributed by atoms with Crippen LogP contribution in [0.3, 0.4) is 0 Å². The third-order valence-corrected chi connectivity index (χ3v) is 4.65. The predicted molar refractivity (Wildman–Crippen MR) is 104 cm³/mol. The molecule has 6 nitrogen and oxygen atoms in total. The molecule has 0 amide bonds. The third-order valence-electron chi connectivity index (χ3n) is 4.65. The topological polar surface area (TPSA) is 74.6 Å². The number of aromatic nitrogens is 1. The molecule has 0 radical (unpaired) electrons. The molecule has 1 aromatic heterocycles. The monoisotopic (exact) mass is 383 g/mol. The van der Waals surface area contributed by atoms with Gasteiger partial charge in [-0.1, -0.05) is 12.1 Å². The standard InChI is InChI=1S/C22H25NO5/c1-22(2,3)28-20(25)15-10-8-14(9-11-15)13-23-17-6-5-7-19(24)16(17)12-18(23)21(26)27-4/h8-12H,5-7,13H2,1-4H3. The van der Waals surface area contributed by atoms with Gasteiger partial charge in [0.2, 0.25) is 0 Å². The first-order valence-electron chi connectivity index (χ1n) is 9.36. The number of rotatable bonds is 4. The molecule has 0 saturated heterocycles. The lowest BCUT2D eigenvalue weighted by Gasteiger charge is -2.19. The fraction of sp³-hybridized carbons (Fsp3) is 0.409. The van der Waals surface area contributed by atoms with E-state index in [0.29, 0.717) is 29.8 Å². The lowest BCUT2D eigenvalue weighted by molar-refractivity contribution is 0.00692. The molecule has 148 valence electrons. The molecule has 0 saturated carbocycles. The summed E-state index contributed by atoms with van der Waals surface area (Å²) in [6, 6.07) is 8.72. The molecule has 1 aliphatic rings. The van der Waals surface area contributed by atoms with Gasteiger partial charge in [0, 0.05) is 24.2 Å². The number of ether oxygens (including phenoxy) is 2. The van der Waals surface area contributed by atoms with Crippen LogP contribution in [0.4, 0.5) is 0 Å². The number of hydrogen-bond acceptors (Lipinski definition) is 5. The van der Waals surface area contributed by atoms with E-state index in [4.69, 9.17) is 9.47 Å². The van der Waals surface area contributed by atoms with Crippen LogP contribution in [-0.2, 0) is 22.4 Å². The summed E-state index contributed by atoms with van der Waals surface area (Å²) in [5, 5.41) is 0. The van der Waals surface area contributed by atoms with E-state index in [-0.39, 0.29) is 11.8 Å². The lowest BCUT2D eigenvalue weighted by atomic mass is 9.96. The minimum absolute atomic E-state index is 0.0606. The average Bonchev–Trinajstić information content (AvgIpc) is 3.00. The zero-order valence-corrected chi connectivity index (χ0v) is 16.7. The van der Waals surface area contributed by atoms with Gasteiger partial charge in [-0.2, -0.15) is 0 Å². The summed E-state index contributed by atoms with van der Waals surface area (Å²) in [5.41, 5.74) is 2.68. The molecule has 0 bridgehead atoms. The summed E-state index contributed by atoms with van der Waals surface area (Å²) >= 11 is 0. The maximum Gasteiger partial charge on any atom is 0.354 e. The SMILES string of the molecule is COC(=O)c1cc2c(n1Cc1ccc(C(=O)OC(C)(C)C)cc1)CCCC2=O. The summed E-state index contributed by atoms with van der Waals surface area (Å²) in [6.07, 6.45) is 2.02. The quantitative estimate of drug-likeness (QED) is 0.751. The smallest absolute Gasteiger partial charge is 0.354 e. The second-order valence-corrected chi connectivity index (χ2v) is 7.94. The molecular weight excluding hydrogens is 358 g/mol. The van der Waals surface area contributed by atoms with E-state index in [2.05, 4.69) is 0 Å². The van der Waals surface area contributed by atoms with E-state index in [1.54, 1.807) is 18.2 Å². The zero-order valence-electron chi connectivity index (χ0n) is 16.7. The number of ketones is 1. The molecule has 6 heteroatoms. The van der Waals surface area contributed by atoms with Crippen molar-refractivity contribution in [3.05, 3.63) is 58.4 Å². The molecule has 1 aliphatic carbocycles. The van der Waals surface area contributed by atoms with Crippen LogP contribution in [0.1, 0.15) is 76.1 Å². The fourth-order valence-electron chi connectivity index (χ4n) is 3.37. The number of benzene rings is 1. The summed E-state index contributed by atoms with van der Waals surface area (Å²) in [6.45, 7) is 5.89. The van der Waals surface area contributed by atoms with Gasteiger partial charge >= 0.3 is 11.9 Å². The molecular formula is C22H25NO5. The Hall–Kier alpha value is -2.89. The number of nitrogens with zero attached hydrogens (tertiary/aromatic N) is 1. The summed E-state index contributed by atoms with van der Waals surface area (Å²) < 4.78 is 12.1. The van der Waals surface area contributed by atoms with Gasteiger partial charge in [-0.15, -0.1) is 0 Å². The van der Waals surface area contributed by atoms with Crippen LogP contribution in [0.5, 0.6) is 0 Å². The Balaban J connectivity index is 1.88. The first-order chi connectivity index (χ1) is 13.2. The minimum Gasteiger partial charge on any atom is -0.464 e. The molecule has 0 N–H and O–H groups in total. The van der Waals surface area contributed by atoms with Crippen molar-refractivity contribution in [2.75, 3.05) is 7.11 Å². The zero-order chi connectivity index (χ0) is 20.5. The van der Waals surface area contributed by atoms with Gasteiger partial charge in [-0.25, -0.2) is 9.59 Å². The molecule has 0 spiro atoms. The molecule has 0 fully saturated rings. The van der Waals surface area contributed by atoms with E-state index >= 15 is 0 Å². The van der Waals surface area contributed by atoms with E-state index in [1.165, 1.54) is 7.11 Å². The van der Waals surface area contributed by atoms with Crippen molar-refractivity contribution in [1.29, 1.82) is 0 Å². The Morgan fingerprint density at radius 1 is 1.07 bits per heavy atom. The van der Waals surface area contributed by atoms with Gasteiger partial charge in [0.1, 0.15) is 11.3 Å². The Labute approximate surface area is 164 Å². The summed E-state index contributed by atoms with van der Waals surface area (Å²) in [7, 11) is 1.33. The normalized spacial score (nSPS) is 13.8. The molecule has 0 atom stereocenters. The highest BCUT2D eigenvalue weighted by molar-refractivity contribution is 6.01. The second kappa shape index (κ2) is 7.62. The lowest BCUT2D eigenvalue weighted by Crippen LogP contribution is -2.23. The van der Waals surface area contributed by atoms with E-state index in [1.807, 2.05) is 37.5 Å². The van der Waals surface area contributed by atoms with E-state index in [0.717, 1.165) is 24.1 Å². The largest absolute Gasteiger partial charge is 0.464 e. The number of esters is 2. The Morgan fingerprint density at radius 2 is 1.75 bits per heavy atom. The van der Waals surface area contributed by atoms with Crippen molar-refractivity contribution >= 4 is 17.7 Å². The van der Waals surface area contributed by atoms with Gasteiger partial charge in [-0.3, -0.25) is 4.79 Å². The maximum absolute atomic E-state index is 12.2.